The van der Waals surface area contributed by atoms with Gasteiger partial charge in [0.25, 0.3) is 0 Å². The molecule has 2 fully saturated rings. The smallest absolute Gasteiger partial charge is 0.239 e. The Morgan fingerprint density at radius 3 is 2.49 bits per heavy atom. The fourth-order valence-electron chi connectivity index (χ4n) is 6.50. The van der Waals surface area contributed by atoms with Crippen molar-refractivity contribution in [1.29, 1.82) is 0 Å². The van der Waals surface area contributed by atoms with Gasteiger partial charge in [-0.05, 0) is 88.9 Å². The van der Waals surface area contributed by atoms with Crippen LogP contribution in [0, 0.1) is 5.92 Å². The summed E-state index contributed by atoms with van der Waals surface area (Å²) in [6, 6.07) is 11.0. The number of rotatable bonds is 14. The Balaban J connectivity index is 1.48. The maximum Gasteiger partial charge on any atom is 0.239 e. The summed E-state index contributed by atoms with van der Waals surface area (Å²) in [4.78, 5) is 35.5. The Bertz CT molecular complexity index is 1130. The van der Waals surface area contributed by atoms with Crippen LogP contribution in [0.4, 0.5) is 0 Å². The molecule has 3 N–H and O–H groups in total. The third-order valence-electron chi connectivity index (χ3n) is 9.10. The summed E-state index contributed by atoms with van der Waals surface area (Å²) in [5.74, 6) is -0.463. The van der Waals surface area contributed by atoms with Crippen molar-refractivity contribution < 1.29 is 14.7 Å². The van der Waals surface area contributed by atoms with E-state index in [1.165, 1.54) is 19.3 Å². The Morgan fingerprint density at radius 2 is 1.81 bits per heavy atom. The zero-order chi connectivity index (χ0) is 30.8. The Kier molecular flexibility index (Phi) is 13.3. The maximum absolute atomic E-state index is 14.3. The number of nitrogens with one attached hydrogen (secondary N) is 2. The van der Waals surface area contributed by atoms with Crippen LogP contribution in [0.15, 0.2) is 41.8 Å². The number of carbonyl (C=O) groups excluding carboxylic acids is 2. The number of nitrogens with zero attached hydrogens (tertiary/aromatic N) is 3. The molecular weight excluding hydrogens is 582 g/mol. The van der Waals surface area contributed by atoms with E-state index in [4.69, 9.17) is 11.6 Å². The molecule has 0 radical (unpaired) electrons. The number of aliphatic hydroxyl groups excluding tert-OH is 1. The highest BCUT2D eigenvalue weighted by molar-refractivity contribution is 7.09. The largest absolute Gasteiger partial charge is 0.374 e. The third-order valence-corrected chi connectivity index (χ3v) is 10.2. The zero-order valence-electron chi connectivity index (χ0n) is 26.0. The van der Waals surface area contributed by atoms with Gasteiger partial charge in [0.05, 0.1) is 18.5 Å². The summed E-state index contributed by atoms with van der Waals surface area (Å²) in [7, 11) is 6.30. The first-order valence-corrected chi connectivity index (χ1v) is 17.1. The first-order valence-electron chi connectivity index (χ1n) is 15.9. The molecule has 4 rings (SSSR count). The standard InChI is InChI=1S/C33H50ClN5O3S/c1-37(2)19-8-7-13-30(38(3)26-10-5-4-6-11-26)33(42)39-20-18-29(36-31(40)24-14-16-25(34)17-15-24)28(23-39)32(41)35-22-27-12-9-21-43-27/h9,12,14-17,21,26,28-31,36,40H,4-8,10-11,13,18-20,22-23H2,1-3H3,(H,35,41)/t28-,29+,30+,31?/m0/s1. The second kappa shape index (κ2) is 16.9. The predicted molar refractivity (Wildman–Crippen MR) is 175 cm³/mol. The second-order valence-corrected chi connectivity index (χ2v) is 13.9. The minimum absolute atomic E-state index is 0.102. The van der Waals surface area contributed by atoms with Gasteiger partial charge in [-0.15, -0.1) is 11.3 Å². The Hall–Kier alpha value is -2.01. The fourth-order valence-corrected chi connectivity index (χ4v) is 7.27. The molecule has 4 atom stereocenters. The van der Waals surface area contributed by atoms with Crippen LogP contribution in [0.2, 0.25) is 5.02 Å². The summed E-state index contributed by atoms with van der Waals surface area (Å²) >= 11 is 7.65. The van der Waals surface area contributed by atoms with Gasteiger partial charge in [-0.2, -0.15) is 0 Å². The van der Waals surface area contributed by atoms with Gasteiger partial charge in [0.1, 0.15) is 6.23 Å². The number of unbranched alkanes of at least 4 members (excludes halogenated alkanes) is 1. The number of likely N-dealkylation sites (tertiary alicyclic amines) is 1. The van der Waals surface area contributed by atoms with Crippen molar-refractivity contribution >= 4 is 34.8 Å². The monoisotopic (exact) mass is 631 g/mol. The molecule has 8 nitrogen and oxygen atoms in total. The van der Waals surface area contributed by atoms with Gasteiger partial charge in [-0.3, -0.25) is 19.8 Å². The van der Waals surface area contributed by atoms with Crippen LogP contribution in [0.3, 0.4) is 0 Å². The lowest BCUT2D eigenvalue weighted by molar-refractivity contribution is -0.142. The summed E-state index contributed by atoms with van der Waals surface area (Å²) in [5.41, 5.74) is 0.688. The maximum atomic E-state index is 14.3. The first-order chi connectivity index (χ1) is 20.7. The molecule has 2 aliphatic rings. The van der Waals surface area contributed by atoms with Crippen LogP contribution in [0.25, 0.3) is 0 Å². The summed E-state index contributed by atoms with van der Waals surface area (Å²) in [6.07, 6.45) is 8.48. The molecule has 1 aromatic heterocycles. The molecule has 238 valence electrons. The first kappa shape index (κ1) is 33.9. The number of amides is 2. The lowest BCUT2D eigenvalue weighted by Crippen LogP contribution is -2.59. The van der Waals surface area contributed by atoms with Crippen molar-refractivity contribution in [2.45, 2.75) is 88.7 Å². The van der Waals surface area contributed by atoms with E-state index in [1.54, 1.807) is 35.6 Å². The van der Waals surface area contributed by atoms with E-state index < -0.39 is 12.1 Å². The number of thiophene rings is 1. The molecule has 1 aromatic carbocycles. The van der Waals surface area contributed by atoms with Gasteiger partial charge in [-0.1, -0.05) is 55.5 Å². The van der Waals surface area contributed by atoms with Crippen LogP contribution in [0.5, 0.6) is 0 Å². The summed E-state index contributed by atoms with van der Waals surface area (Å²) in [6.45, 7) is 2.33. The van der Waals surface area contributed by atoms with Crippen molar-refractivity contribution in [3.8, 4) is 0 Å². The van der Waals surface area contributed by atoms with Crippen LogP contribution in [0.1, 0.15) is 74.5 Å². The normalized spacial score (nSPS) is 21.2. The predicted octanol–water partition coefficient (Wildman–Crippen LogP) is 4.88. The molecule has 0 spiro atoms. The molecule has 43 heavy (non-hydrogen) atoms. The number of aliphatic hydroxyl groups is 1. The lowest BCUT2D eigenvalue weighted by Gasteiger charge is -2.43. The molecule has 2 heterocycles. The molecule has 1 aliphatic heterocycles. The molecule has 2 amide bonds. The molecule has 1 aliphatic carbocycles. The lowest BCUT2D eigenvalue weighted by atomic mass is 9.89. The summed E-state index contributed by atoms with van der Waals surface area (Å²) < 4.78 is 0. The van der Waals surface area contributed by atoms with Gasteiger partial charge in [0.15, 0.2) is 0 Å². The van der Waals surface area contributed by atoms with E-state index in [-0.39, 0.29) is 23.9 Å². The molecular formula is C33H50ClN5O3S. The quantitative estimate of drug-likeness (QED) is 0.204. The van der Waals surface area contributed by atoms with Crippen molar-refractivity contribution in [3.05, 3.63) is 57.2 Å². The van der Waals surface area contributed by atoms with Gasteiger partial charge < -0.3 is 20.2 Å². The fraction of sp³-hybridized carbons (Fsp3) is 0.636. The highest BCUT2D eigenvalue weighted by Crippen LogP contribution is 2.28. The average Bonchev–Trinajstić information content (AvgIpc) is 3.54. The number of benzene rings is 1. The second-order valence-electron chi connectivity index (χ2n) is 12.5. The van der Waals surface area contributed by atoms with Gasteiger partial charge in [-0.25, -0.2) is 0 Å². The van der Waals surface area contributed by atoms with Crippen LogP contribution < -0.4 is 10.6 Å². The van der Waals surface area contributed by atoms with Crippen LogP contribution in [-0.2, 0) is 16.1 Å². The number of likely N-dealkylation sites (N-methyl/N-ethyl adjacent to an activating group) is 1. The van der Waals surface area contributed by atoms with E-state index >= 15 is 0 Å². The van der Waals surface area contributed by atoms with Crippen molar-refractivity contribution in [1.82, 2.24) is 25.3 Å². The molecule has 1 saturated heterocycles. The zero-order valence-corrected chi connectivity index (χ0v) is 27.6. The van der Waals surface area contributed by atoms with Crippen LogP contribution >= 0.6 is 22.9 Å². The third kappa shape index (κ3) is 9.99. The summed E-state index contributed by atoms with van der Waals surface area (Å²) in [5, 5.41) is 20.0. The number of hydrogen-bond acceptors (Lipinski definition) is 7. The Labute approximate surface area is 266 Å². The average molecular weight is 632 g/mol. The van der Waals surface area contributed by atoms with Crippen molar-refractivity contribution in [2.24, 2.45) is 5.92 Å². The minimum Gasteiger partial charge on any atom is -0.374 e. The van der Waals surface area contributed by atoms with Gasteiger partial charge in [0, 0.05) is 35.1 Å². The number of hydrogen-bond donors (Lipinski definition) is 3. The topological polar surface area (TPSA) is 88.1 Å². The number of piperidine rings is 1. The molecule has 2 aromatic rings. The highest BCUT2D eigenvalue weighted by atomic mass is 35.5. The molecule has 10 heteroatoms. The van der Waals surface area contributed by atoms with E-state index in [2.05, 4.69) is 41.6 Å². The SMILES string of the molecule is CN(C)CCCC[C@H](C(=O)N1CC[C@@H](NC(O)c2ccc(Cl)cc2)[C@@H](C(=O)NCc2cccs2)C1)N(C)C1CCCCC1. The number of halogens is 1. The number of carbonyl (C=O) groups is 2. The van der Waals surface area contributed by atoms with Gasteiger partial charge in [0.2, 0.25) is 11.8 Å². The minimum atomic E-state index is -0.945. The van der Waals surface area contributed by atoms with E-state index in [0.717, 1.165) is 43.5 Å². The van der Waals surface area contributed by atoms with E-state index in [9.17, 15) is 14.7 Å². The van der Waals surface area contributed by atoms with Gasteiger partial charge >= 0.3 is 0 Å². The molecule has 1 saturated carbocycles. The van der Waals surface area contributed by atoms with Crippen molar-refractivity contribution in [3.63, 3.8) is 0 Å². The molecule has 1 unspecified atom stereocenters. The van der Waals surface area contributed by atoms with E-state index in [0.29, 0.717) is 42.7 Å². The van der Waals surface area contributed by atoms with Crippen molar-refractivity contribution in [2.75, 3.05) is 40.8 Å². The highest BCUT2D eigenvalue weighted by Gasteiger charge is 2.40. The Morgan fingerprint density at radius 1 is 1.07 bits per heavy atom. The van der Waals surface area contributed by atoms with E-state index in [1.807, 2.05) is 22.4 Å². The molecule has 0 bridgehead atoms. The van der Waals surface area contributed by atoms with Crippen LogP contribution in [-0.4, -0.2) is 90.5 Å².